The van der Waals surface area contributed by atoms with Crippen LogP contribution < -0.4 is 0 Å². The highest BCUT2D eigenvalue weighted by molar-refractivity contribution is 9.10. The molecule has 7 heteroatoms. The molecule has 0 aliphatic carbocycles. The maximum atomic E-state index is 14.1. The van der Waals surface area contributed by atoms with Gasteiger partial charge in [-0.1, -0.05) is 27.5 Å². The zero-order chi connectivity index (χ0) is 14.3. The highest BCUT2D eigenvalue weighted by Gasteiger charge is 2.16. The predicted molar refractivity (Wildman–Crippen MR) is 81.1 cm³/mol. The highest BCUT2D eigenvalue weighted by Crippen LogP contribution is 2.26. The summed E-state index contributed by atoms with van der Waals surface area (Å²) < 4.78 is 16.4. The van der Waals surface area contributed by atoms with E-state index in [-0.39, 0.29) is 11.7 Å². The van der Waals surface area contributed by atoms with Crippen molar-refractivity contribution in [3.63, 3.8) is 0 Å². The van der Waals surface area contributed by atoms with E-state index in [1.165, 1.54) is 12.3 Å². The number of hydrogen-bond acceptors (Lipinski definition) is 2. The fraction of sp³-hybridized carbons (Fsp3) is 0.0769. The van der Waals surface area contributed by atoms with E-state index in [1.54, 1.807) is 22.8 Å². The summed E-state index contributed by atoms with van der Waals surface area (Å²) >= 11 is 15.1. The van der Waals surface area contributed by atoms with Crippen LogP contribution in [0, 0.1) is 5.82 Å². The SMILES string of the molecule is Fc1ccc(Br)cc1-n1c(CCl)nc2cc(Cl)cnc21. The fourth-order valence-corrected chi connectivity index (χ4v) is 2.67. The minimum Gasteiger partial charge on any atom is -0.277 e. The van der Waals surface area contributed by atoms with Crippen LogP contribution in [-0.2, 0) is 5.88 Å². The van der Waals surface area contributed by atoms with Crippen LogP contribution in [0.25, 0.3) is 16.9 Å². The number of fused-ring (bicyclic) bond motifs is 1. The normalized spacial score (nSPS) is 11.2. The van der Waals surface area contributed by atoms with Gasteiger partial charge >= 0.3 is 0 Å². The molecule has 0 saturated heterocycles. The zero-order valence-electron chi connectivity index (χ0n) is 9.95. The monoisotopic (exact) mass is 373 g/mol. The largest absolute Gasteiger partial charge is 0.277 e. The topological polar surface area (TPSA) is 30.7 Å². The molecule has 0 amide bonds. The van der Waals surface area contributed by atoms with E-state index in [0.29, 0.717) is 27.7 Å². The van der Waals surface area contributed by atoms with E-state index in [4.69, 9.17) is 23.2 Å². The molecule has 0 aliphatic rings. The second-order valence-corrected chi connectivity index (χ2v) is 5.71. The Labute approximate surface area is 132 Å². The first-order valence-corrected chi connectivity index (χ1v) is 7.35. The summed E-state index contributed by atoms with van der Waals surface area (Å²) in [5.41, 5.74) is 1.43. The summed E-state index contributed by atoms with van der Waals surface area (Å²) in [7, 11) is 0. The minimum atomic E-state index is -0.379. The molecule has 102 valence electrons. The molecular weight excluding hydrogens is 368 g/mol. The fourth-order valence-electron chi connectivity index (χ4n) is 1.99. The van der Waals surface area contributed by atoms with Crippen molar-refractivity contribution in [1.29, 1.82) is 0 Å². The Balaban J connectivity index is 2.37. The molecule has 1 aromatic carbocycles. The van der Waals surface area contributed by atoms with Crippen molar-refractivity contribution in [2.24, 2.45) is 0 Å². The number of hydrogen-bond donors (Lipinski definition) is 0. The summed E-state index contributed by atoms with van der Waals surface area (Å²) in [6.45, 7) is 0. The van der Waals surface area contributed by atoms with Crippen LogP contribution in [0.4, 0.5) is 4.39 Å². The maximum Gasteiger partial charge on any atom is 0.164 e. The van der Waals surface area contributed by atoms with E-state index in [2.05, 4.69) is 25.9 Å². The lowest BCUT2D eigenvalue weighted by Crippen LogP contribution is -2.03. The van der Waals surface area contributed by atoms with Crippen molar-refractivity contribution in [2.75, 3.05) is 0 Å². The van der Waals surface area contributed by atoms with Gasteiger partial charge in [-0.25, -0.2) is 14.4 Å². The standard InChI is InChI=1S/C13H7BrCl2FN3/c14-7-1-2-9(17)11(3-7)20-12(5-15)19-10-4-8(16)6-18-13(10)20/h1-4,6H,5H2. The van der Waals surface area contributed by atoms with Crippen LogP contribution in [0.3, 0.4) is 0 Å². The maximum absolute atomic E-state index is 14.1. The number of nitrogens with zero attached hydrogens (tertiary/aromatic N) is 3. The van der Waals surface area contributed by atoms with Crippen molar-refractivity contribution in [3.8, 4) is 5.69 Å². The Bertz CT molecular complexity index is 804. The van der Waals surface area contributed by atoms with Gasteiger partial charge in [-0.3, -0.25) is 4.57 Å². The van der Waals surface area contributed by atoms with Crippen molar-refractivity contribution < 1.29 is 4.39 Å². The van der Waals surface area contributed by atoms with Gasteiger partial charge in [0.25, 0.3) is 0 Å². The van der Waals surface area contributed by atoms with Gasteiger partial charge in [-0.2, -0.15) is 0 Å². The van der Waals surface area contributed by atoms with Crippen LogP contribution in [0.15, 0.2) is 34.9 Å². The third kappa shape index (κ3) is 2.30. The molecule has 2 heterocycles. The number of alkyl halides is 1. The first kappa shape index (κ1) is 13.8. The van der Waals surface area contributed by atoms with Crippen LogP contribution in [-0.4, -0.2) is 14.5 Å². The molecule has 2 aromatic heterocycles. The molecular formula is C13H7BrCl2FN3. The number of halogens is 4. The summed E-state index contributed by atoms with van der Waals surface area (Å²) in [5, 5.41) is 0.470. The Morgan fingerprint density at radius 3 is 2.85 bits per heavy atom. The Morgan fingerprint density at radius 2 is 2.10 bits per heavy atom. The Hall–Kier alpha value is -1.17. The molecule has 0 bridgehead atoms. The predicted octanol–water partition coefficient (Wildman–Crippen LogP) is 4.71. The van der Waals surface area contributed by atoms with E-state index < -0.39 is 0 Å². The highest BCUT2D eigenvalue weighted by atomic mass is 79.9. The molecule has 0 fully saturated rings. The quantitative estimate of drug-likeness (QED) is 0.608. The van der Waals surface area contributed by atoms with Gasteiger partial charge in [0.1, 0.15) is 17.2 Å². The average Bonchev–Trinajstić information content (AvgIpc) is 2.78. The lowest BCUT2D eigenvalue weighted by Gasteiger charge is -2.08. The minimum absolute atomic E-state index is 0.139. The summed E-state index contributed by atoms with van der Waals surface area (Å²) in [5.74, 6) is 0.268. The van der Waals surface area contributed by atoms with Crippen molar-refractivity contribution >= 4 is 50.3 Å². The van der Waals surface area contributed by atoms with E-state index >= 15 is 0 Å². The van der Waals surface area contributed by atoms with Gasteiger partial charge in [0.15, 0.2) is 5.65 Å². The van der Waals surface area contributed by atoms with Gasteiger partial charge in [0.2, 0.25) is 0 Å². The van der Waals surface area contributed by atoms with Gasteiger partial charge < -0.3 is 0 Å². The second-order valence-electron chi connectivity index (χ2n) is 4.09. The molecule has 3 rings (SSSR count). The van der Waals surface area contributed by atoms with Crippen LogP contribution >= 0.6 is 39.1 Å². The first-order chi connectivity index (χ1) is 9.60. The molecule has 0 aliphatic heterocycles. The second kappa shape index (κ2) is 5.31. The van der Waals surface area contributed by atoms with Gasteiger partial charge in [-0.05, 0) is 24.3 Å². The van der Waals surface area contributed by atoms with E-state index in [0.717, 1.165) is 4.47 Å². The molecule has 20 heavy (non-hydrogen) atoms. The van der Waals surface area contributed by atoms with Gasteiger partial charge in [0, 0.05) is 10.7 Å². The first-order valence-electron chi connectivity index (χ1n) is 5.64. The number of rotatable bonds is 2. The Kier molecular flexibility index (Phi) is 3.67. The number of aromatic nitrogens is 3. The summed E-state index contributed by atoms with van der Waals surface area (Å²) in [6, 6.07) is 6.33. The van der Waals surface area contributed by atoms with Gasteiger partial charge in [0.05, 0.1) is 16.6 Å². The lowest BCUT2D eigenvalue weighted by molar-refractivity contribution is 0.617. The molecule has 3 nitrogen and oxygen atoms in total. The lowest BCUT2D eigenvalue weighted by atomic mass is 10.3. The van der Waals surface area contributed by atoms with E-state index in [1.807, 2.05) is 0 Å². The Morgan fingerprint density at radius 1 is 1.30 bits per heavy atom. The smallest absolute Gasteiger partial charge is 0.164 e. The number of imidazole rings is 1. The van der Waals surface area contributed by atoms with Crippen LogP contribution in [0.5, 0.6) is 0 Å². The third-order valence-corrected chi connectivity index (χ3v) is 3.74. The van der Waals surface area contributed by atoms with E-state index in [9.17, 15) is 4.39 Å². The van der Waals surface area contributed by atoms with Crippen molar-refractivity contribution in [2.45, 2.75) is 5.88 Å². The average molecular weight is 375 g/mol. The molecule has 0 unspecified atom stereocenters. The molecule has 0 N–H and O–H groups in total. The van der Waals surface area contributed by atoms with Crippen LogP contribution in [0.1, 0.15) is 5.82 Å². The molecule has 0 radical (unpaired) electrons. The molecule has 0 atom stereocenters. The molecule has 0 saturated carbocycles. The molecule has 0 spiro atoms. The van der Waals surface area contributed by atoms with Crippen molar-refractivity contribution in [3.05, 3.63) is 51.6 Å². The van der Waals surface area contributed by atoms with Crippen molar-refractivity contribution in [1.82, 2.24) is 14.5 Å². The number of pyridine rings is 1. The zero-order valence-corrected chi connectivity index (χ0v) is 13.0. The van der Waals surface area contributed by atoms with Crippen LogP contribution in [0.2, 0.25) is 5.02 Å². The molecule has 3 aromatic rings. The summed E-state index contributed by atoms with van der Waals surface area (Å²) in [4.78, 5) is 8.57. The third-order valence-electron chi connectivity index (χ3n) is 2.80. The summed E-state index contributed by atoms with van der Waals surface area (Å²) in [6.07, 6.45) is 1.50. The van der Waals surface area contributed by atoms with Gasteiger partial charge in [-0.15, -0.1) is 11.6 Å². The number of benzene rings is 1.